The number of halogens is 1. The molecule has 2 aromatic rings. The van der Waals surface area contributed by atoms with Crippen LogP contribution in [0.1, 0.15) is 20.8 Å². The van der Waals surface area contributed by atoms with Gasteiger partial charge in [0, 0.05) is 11.6 Å². The molecule has 2 rings (SSSR count). The minimum Gasteiger partial charge on any atom is -0.364 e. The zero-order valence-corrected chi connectivity index (χ0v) is 11.0. The molecule has 0 aliphatic carbocycles. The number of aromatic amines is 1. The third-order valence-electron chi connectivity index (χ3n) is 1.92. The van der Waals surface area contributed by atoms with Crippen molar-refractivity contribution >= 4 is 28.8 Å². The van der Waals surface area contributed by atoms with Crippen LogP contribution in [-0.2, 0) is 0 Å². The van der Waals surface area contributed by atoms with E-state index in [1.807, 2.05) is 18.2 Å². The van der Waals surface area contributed by atoms with Crippen molar-refractivity contribution in [1.29, 1.82) is 0 Å². The molecule has 0 radical (unpaired) electrons. The fraction of sp³-hybridized carbons (Fsp3) is 0.364. The highest BCUT2D eigenvalue weighted by atomic mass is 35.5. The summed E-state index contributed by atoms with van der Waals surface area (Å²) in [5, 5.41) is 10.5. The van der Waals surface area contributed by atoms with Gasteiger partial charge in [-0.2, -0.15) is 5.10 Å². The highest BCUT2D eigenvalue weighted by molar-refractivity contribution is 7.19. The van der Waals surface area contributed by atoms with Crippen LogP contribution in [0.4, 0.5) is 5.82 Å². The first-order chi connectivity index (χ1) is 7.44. The molecule has 0 aromatic carbocycles. The Hall–Kier alpha value is -1.00. The molecule has 3 nitrogen and oxygen atoms in total. The van der Waals surface area contributed by atoms with E-state index in [0.29, 0.717) is 0 Å². The van der Waals surface area contributed by atoms with E-state index >= 15 is 0 Å². The predicted octanol–water partition coefficient (Wildman–Crippen LogP) is 4.00. The Kier molecular flexibility index (Phi) is 2.95. The molecule has 0 bridgehead atoms. The molecule has 0 unspecified atom stereocenters. The molecule has 0 fully saturated rings. The van der Waals surface area contributed by atoms with Crippen molar-refractivity contribution in [3.05, 3.63) is 22.5 Å². The SMILES string of the molecule is CC(C)(C)Nc1cc(-c2ccc(Cl)s2)[nH]n1. The maximum atomic E-state index is 5.89. The van der Waals surface area contributed by atoms with E-state index in [1.54, 1.807) is 0 Å². The van der Waals surface area contributed by atoms with Crippen molar-refractivity contribution < 1.29 is 0 Å². The van der Waals surface area contributed by atoms with E-state index in [2.05, 4.69) is 36.3 Å². The number of aromatic nitrogens is 2. The second-order valence-electron chi connectivity index (χ2n) is 4.65. The average Bonchev–Trinajstić information content (AvgIpc) is 2.71. The third kappa shape index (κ3) is 2.77. The first-order valence-electron chi connectivity index (χ1n) is 5.03. The molecule has 0 aliphatic rings. The molecule has 2 aromatic heterocycles. The van der Waals surface area contributed by atoms with Gasteiger partial charge in [0.15, 0.2) is 0 Å². The maximum Gasteiger partial charge on any atom is 0.148 e. The van der Waals surface area contributed by atoms with Gasteiger partial charge in [0.05, 0.1) is 14.9 Å². The summed E-state index contributed by atoms with van der Waals surface area (Å²) in [6.45, 7) is 6.30. The Balaban J connectivity index is 2.20. The molecule has 16 heavy (non-hydrogen) atoms. The van der Waals surface area contributed by atoms with Gasteiger partial charge in [-0.15, -0.1) is 11.3 Å². The fourth-order valence-electron chi connectivity index (χ4n) is 1.36. The van der Waals surface area contributed by atoms with Crippen LogP contribution in [0.25, 0.3) is 10.6 Å². The molecule has 0 saturated carbocycles. The van der Waals surface area contributed by atoms with Gasteiger partial charge in [0.1, 0.15) is 5.82 Å². The normalized spacial score (nSPS) is 11.8. The van der Waals surface area contributed by atoms with E-state index in [4.69, 9.17) is 11.6 Å². The topological polar surface area (TPSA) is 40.7 Å². The van der Waals surface area contributed by atoms with Crippen molar-refractivity contribution in [3.8, 4) is 10.6 Å². The Morgan fingerprint density at radius 3 is 2.69 bits per heavy atom. The largest absolute Gasteiger partial charge is 0.364 e. The van der Waals surface area contributed by atoms with Crippen LogP contribution in [0.3, 0.4) is 0 Å². The van der Waals surface area contributed by atoms with Crippen molar-refractivity contribution in [2.75, 3.05) is 5.32 Å². The van der Waals surface area contributed by atoms with Crippen LogP contribution >= 0.6 is 22.9 Å². The summed E-state index contributed by atoms with van der Waals surface area (Å²) >= 11 is 7.43. The Labute approximate surface area is 104 Å². The summed E-state index contributed by atoms with van der Waals surface area (Å²) in [6.07, 6.45) is 0. The number of rotatable bonds is 2. The first-order valence-corrected chi connectivity index (χ1v) is 6.23. The molecular formula is C11H14ClN3S. The average molecular weight is 256 g/mol. The van der Waals surface area contributed by atoms with Crippen LogP contribution in [0, 0.1) is 0 Å². The van der Waals surface area contributed by atoms with Gasteiger partial charge in [-0.25, -0.2) is 0 Å². The molecule has 0 saturated heterocycles. The number of hydrogen-bond acceptors (Lipinski definition) is 3. The number of nitrogens with one attached hydrogen (secondary N) is 2. The quantitative estimate of drug-likeness (QED) is 0.852. The standard InChI is InChI=1S/C11H14ClN3S/c1-11(2,3)13-10-6-7(14-15-10)8-4-5-9(12)16-8/h4-6H,1-3H3,(H2,13,14,15). The summed E-state index contributed by atoms with van der Waals surface area (Å²) < 4.78 is 0.787. The lowest BCUT2D eigenvalue weighted by atomic mass is 10.1. The lowest BCUT2D eigenvalue weighted by molar-refractivity contribution is 0.630. The molecule has 0 spiro atoms. The summed E-state index contributed by atoms with van der Waals surface area (Å²) in [4.78, 5) is 1.10. The van der Waals surface area contributed by atoms with Crippen molar-refractivity contribution in [2.24, 2.45) is 0 Å². The molecule has 86 valence electrons. The van der Waals surface area contributed by atoms with Gasteiger partial charge in [0.2, 0.25) is 0 Å². The summed E-state index contributed by atoms with van der Waals surface area (Å²) in [6, 6.07) is 5.87. The Morgan fingerprint density at radius 2 is 2.12 bits per heavy atom. The van der Waals surface area contributed by atoms with E-state index in [1.165, 1.54) is 11.3 Å². The van der Waals surface area contributed by atoms with Gasteiger partial charge in [-0.1, -0.05) is 11.6 Å². The van der Waals surface area contributed by atoms with Gasteiger partial charge in [0.25, 0.3) is 0 Å². The van der Waals surface area contributed by atoms with Gasteiger partial charge >= 0.3 is 0 Å². The van der Waals surface area contributed by atoms with Crippen molar-refractivity contribution in [1.82, 2.24) is 10.2 Å². The van der Waals surface area contributed by atoms with Crippen LogP contribution in [-0.4, -0.2) is 15.7 Å². The molecule has 2 heterocycles. The minimum atomic E-state index is 0.0135. The molecule has 2 N–H and O–H groups in total. The zero-order chi connectivity index (χ0) is 11.8. The predicted molar refractivity (Wildman–Crippen MR) is 70.3 cm³/mol. The first kappa shape index (κ1) is 11.5. The van der Waals surface area contributed by atoms with E-state index in [0.717, 1.165) is 20.7 Å². The number of anilines is 1. The fourth-order valence-corrected chi connectivity index (χ4v) is 2.36. The minimum absolute atomic E-state index is 0.0135. The number of hydrogen-bond donors (Lipinski definition) is 2. The third-order valence-corrected chi connectivity index (χ3v) is 3.18. The van der Waals surface area contributed by atoms with Crippen molar-refractivity contribution in [2.45, 2.75) is 26.3 Å². The zero-order valence-electron chi connectivity index (χ0n) is 9.47. The number of nitrogens with zero attached hydrogens (tertiary/aromatic N) is 1. The van der Waals surface area contributed by atoms with E-state index < -0.39 is 0 Å². The second kappa shape index (κ2) is 4.11. The maximum absolute atomic E-state index is 5.89. The van der Waals surface area contributed by atoms with E-state index in [-0.39, 0.29) is 5.54 Å². The smallest absolute Gasteiger partial charge is 0.148 e. The van der Waals surface area contributed by atoms with Gasteiger partial charge < -0.3 is 5.32 Å². The second-order valence-corrected chi connectivity index (χ2v) is 6.36. The molecule has 5 heteroatoms. The van der Waals surface area contributed by atoms with Crippen LogP contribution in [0.2, 0.25) is 4.34 Å². The molecule has 0 aliphatic heterocycles. The molecule has 0 amide bonds. The Bertz CT molecular complexity index is 481. The lowest BCUT2D eigenvalue weighted by Crippen LogP contribution is -2.26. The molecular weight excluding hydrogens is 242 g/mol. The lowest BCUT2D eigenvalue weighted by Gasteiger charge is -2.19. The number of H-pyrrole nitrogens is 1. The monoisotopic (exact) mass is 255 g/mol. The van der Waals surface area contributed by atoms with Crippen LogP contribution < -0.4 is 5.32 Å². The summed E-state index contributed by atoms with van der Waals surface area (Å²) in [7, 11) is 0. The molecule has 0 atom stereocenters. The van der Waals surface area contributed by atoms with Crippen LogP contribution in [0.15, 0.2) is 18.2 Å². The highest BCUT2D eigenvalue weighted by Gasteiger charge is 2.12. The number of thiophene rings is 1. The van der Waals surface area contributed by atoms with Gasteiger partial charge in [-0.3, -0.25) is 5.10 Å². The Morgan fingerprint density at radius 1 is 1.38 bits per heavy atom. The van der Waals surface area contributed by atoms with Crippen LogP contribution in [0.5, 0.6) is 0 Å². The van der Waals surface area contributed by atoms with Crippen molar-refractivity contribution in [3.63, 3.8) is 0 Å². The van der Waals surface area contributed by atoms with E-state index in [9.17, 15) is 0 Å². The summed E-state index contributed by atoms with van der Waals surface area (Å²) in [5.41, 5.74) is 1.00. The van der Waals surface area contributed by atoms with Gasteiger partial charge in [-0.05, 0) is 32.9 Å². The highest BCUT2D eigenvalue weighted by Crippen LogP contribution is 2.30. The summed E-state index contributed by atoms with van der Waals surface area (Å²) in [5.74, 6) is 0.854.